The van der Waals surface area contributed by atoms with Crippen molar-refractivity contribution in [1.82, 2.24) is 9.13 Å². The maximum atomic E-state index is 2.57. The van der Waals surface area contributed by atoms with Gasteiger partial charge in [0.05, 0.1) is 27.8 Å². The van der Waals surface area contributed by atoms with E-state index in [0.717, 1.165) is 5.69 Å². The fourth-order valence-corrected chi connectivity index (χ4v) is 11.8. The minimum absolute atomic E-state index is 0.128. The number of nitrogens with zero attached hydrogens (tertiary/aromatic N) is 2. The third kappa shape index (κ3) is 4.58. The van der Waals surface area contributed by atoms with E-state index in [1.54, 1.807) is 0 Å². The lowest BCUT2D eigenvalue weighted by molar-refractivity contribution is 0.661. The first-order valence-electron chi connectivity index (χ1n) is 20.9. The van der Waals surface area contributed by atoms with Crippen LogP contribution in [0.15, 0.2) is 194 Å². The predicted octanol–water partition coefficient (Wildman–Crippen LogP) is 15.9. The molecule has 9 aromatic carbocycles. The molecule has 3 heteroatoms. The molecule has 0 radical (unpaired) electrons. The summed E-state index contributed by atoms with van der Waals surface area (Å²) in [6.07, 6.45) is 0. The Morgan fingerprint density at radius 2 is 1.03 bits per heavy atom. The lowest BCUT2D eigenvalue weighted by Crippen LogP contribution is -2.15. The molecule has 0 aliphatic heterocycles. The lowest BCUT2D eigenvalue weighted by Gasteiger charge is -2.22. The van der Waals surface area contributed by atoms with E-state index in [9.17, 15) is 0 Å². The van der Waals surface area contributed by atoms with E-state index in [-0.39, 0.29) is 5.41 Å². The van der Waals surface area contributed by atoms with Crippen LogP contribution in [0.5, 0.6) is 0 Å². The van der Waals surface area contributed by atoms with Gasteiger partial charge in [0, 0.05) is 63.9 Å². The zero-order valence-electron chi connectivity index (χ0n) is 33.3. The van der Waals surface area contributed by atoms with E-state index >= 15 is 0 Å². The smallest absolute Gasteiger partial charge is 0.0547 e. The molecular formula is C57H38N2S. The topological polar surface area (TPSA) is 9.86 Å². The third-order valence-electron chi connectivity index (χ3n) is 13.3. The number of thiophene rings is 1. The molecule has 0 amide bonds. The van der Waals surface area contributed by atoms with Crippen molar-refractivity contribution in [1.29, 1.82) is 0 Å². The van der Waals surface area contributed by atoms with E-state index < -0.39 is 0 Å². The van der Waals surface area contributed by atoms with Crippen molar-refractivity contribution in [2.75, 3.05) is 0 Å². The van der Waals surface area contributed by atoms with Crippen LogP contribution in [-0.4, -0.2) is 9.13 Å². The van der Waals surface area contributed by atoms with Crippen molar-refractivity contribution >= 4 is 75.1 Å². The van der Waals surface area contributed by atoms with Gasteiger partial charge in [0.2, 0.25) is 0 Å². The number of para-hydroxylation sites is 3. The van der Waals surface area contributed by atoms with Gasteiger partial charge in [0.25, 0.3) is 0 Å². The van der Waals surface area contributed by atoms with Gasteiger partial charge in [-0.15, -0.1) is 11.3 Å². The summed E-state index contributed by atoms with van der Waals surface area (Å²) in [5.41, 5.74) is 17.4. The van der Waals surface area contributed by atoms with E-state index in [1.165, 1.54) is 114 Å². The van der Waals surface area contributed by atoms with Crippen LogP contribution in [0.3, 0.4) is 0 Å². The molecule has 0 bridgehead atoms. The van der Waals surface area contributed by atoms with E-state index in [4.69, 9.17) is 0 Å². The Kier molecular flexibility index (Phi) is 6.98. The first-order valence-corrected chi connectivity index (χ1v) is 21.7. The number of hydrogen-bond donors (Lipinski definition) is 0. The molecule has 13 rings (SSSR count). The van der Waals surface area contributed by atoms with Crippen molar-refractivity contribution in [2.45, 2.75) is 19.3 Å². The molecule has 0 unspecified atom stereocenters. The molecular weight excluding hydrogens is 745 g/mol. The molecule has 2 nitrogen and oxygen atoms in total. The fourth-order valence-electron chi connectivity index (χ4n) is 10.6. The summed E-state index contributed by atoms with van der Waals surface area (Å²) in [6.45, 7) is 4.77. The average molecular weight is 783 g/mol. The monoisotopic (exact) mass is 782 g/mol. The van der Waals surface area contributed by atoms with Crippen molar-refractivity contribution in [3.8, 4) is 44.8 Å². The van der Waals surface area contributed by atoms with Crippen LogP contribution in [0.1, 0.15) is 25.0 Å². The van der Waals surface area contributed by atoms with Gasteiger partial charge in [0.15, 0.2) is 0 Å². The maximum absolute atomic E-state index is 2.57. The zero-order chi connectivity index (χ0) is 39.7. The molecule has 3 aromatic heterocycles. The first kappa shape index (κ1) is 33.7. The second-order valence-electron chi connectivity index (χ2n) is 16.8. The molecule has 0 N–H and O–H groups in total. The van der Waals surface area contributed by atoms with Gasteiger partial charge >= 0.3 is 0 Å². The number of rotatable bonds is 4. The number of fused-ring (bicyclic) bond motifs is 12. The van der Waals surface area contributed by atoms with Gasteiger partial charge in [0.1, 0.15) is 0 Å². The summed E-state index contributed by atoms with van der Waals surface area (Å²) in [7, 11) is 0. The zero-order valence-corrected chi connectivity index (χ0v) is 34.1. The van der Waals surface area contributed by atoms with Gasteiger partial charge in [-0.05, 0) is 88.0 Å². The van der Waals surface area contributed by atoms with Crippen LogP contribution in [0.4, 0.5) is 0 Å². The van der Waals surface area contributed by atoms with Crippen LogP contribution >= 0.6 is 11.3 Å². The van der Waals surface area contributed by atoms with Crippen LogP contribution in [0.25, 0.3) is 109 Å². The van der Waals surface area contributed by atoms with Crippen molar-refractivity contribution in [3.63, 3.8) is 0 Å². The first-order chi connectivity index (χ1) is 29.5. The van der Waals surface area contributed by atoms with Gasteiger partial charge in [-0.2, -0.15) is 0 Å². The van der Waals surface area contributed by atoms with Gasteiger partial charge < -0.3 is 9.13 Å². The van der Waals surface area contributed by atoms with Gasteiger partial charge in [-0.1, -0.05) is 153 Å². The largest absolute Gasteiger partial charge is 0.309 e. The molecule has 1 aliphatic carbocycles. The standard InChI is InChI=1S/C57H38N2S/c1-57(2)47-25-10-6-18-38(47)45-33-46-39-19-7-11-26-49(39)59(53(46)34-48(45)57)52-32-35(30-31-40(52)42-23-14-24-43-41-20-9-13-29-54(41)60-56(42)43)37-22-15-28-51-55(37)44-21-8-12-27-50(44)58(51)36-16-4-3-5-17-36/h3-34H,1-2H3. The molecule has 0 spiro atoms. The molecule has 60 heavy (non-hydrogen) atoms. The van der Waals surface area contributed by atoms with E-state index in [2.05, 4.69) is 217 Å². The summed E-state index contributed by atoms with van der Waals surface area (Å²) in [6, 6.07) is 72.3. The van der Waals surface area contributed by atoms with E-state index in [0.29, 0.717) is 0 Å². The molecule has 12 aromatic rings. The summed E-state index contributed by atoms with van der Waals surface area (Å²) >= 11 is 1.90. The minimum atomic E-state index is -0.128. The van der Waals surface area contributed by atoms with Crippen LogP contribution < -0.4 is 0 Å². The molecule has 1 aliphatic rings. The average Bonchev–Trinajstić information content (AvgIpc) is 4.01. The van der Waals surface area contributed by atoms with Crippen molar-refractivity contribution < 1.29 is 0 Å². The quantitative estimate of drug-likeness (QED) is 0.168. The van der Waals surface area contributed by atoms with Crippen LogP contribution in [0, 0.1) is 0 Å². The highest BCUT2D eigenvalue weighted by Crippen LogP contribution is 2.52. The fraction of sp³-hybridized carbons (Fsp3) is 0.0526. The van der Waals surface area contributed by atoms with Crippen molar-refractivity contribution in [2.24, 2.45) is 0 Å². The molecule has 3 heterocycles. The number of aromatic nitrogens is 2. The Bertz CT molecular complexity index is 3740. The molecule has 0 fully saturated rings. The highest BCUT2D eigenvalue weighted by Gasteiger charge is 2.36. The Labute approximate surface area is 351 Å². The Hall–Kier alpha value is -7.20. The summed E-state index contributed by atoms with van der Waals surface area (Å²) in [5.74, 6) is 0. The molecule has 0 atom stereocenters. The number of hydrogen-bond acceptors (Lipinski definition) is 1. The Morgan fingerprint density at radius 3 is 1.90 bits per heavy atom. The molecule has 0 saturated carbocycles. The van der Waals surface area contributed by atoms with E-state index in [1.807, 2.05) is 11.3 Å². The van der Waals surface area contributed by atoms with Crippen LogP contribution in [-0.2, 0) is 5.41 Å². The van der Waals surface area contributed by atoms with Crippen molar-refractivity contribution in [3.05, 3.63) is 205 Å². The molecule has 0 saturated heterocycles. The second kappa shape index (κ2) is 12.4. The normalized spacial score (nSPS) is 13.3. The lowest BCUT2D eigenvalue weighted by atomic mass is 9.82. The SMILES string of the molecule is CC1(C)c2ccccc2-c2cc3c4ccccc4n(-c4cc(-c5cccc6c5c5ccccc5n6-c5ccccc5)ccc4-c4cccc5c4sc4ccccc45)c3cc21. The maximum Gasteiger partial charge on any atom is 0.0547 e. The Morgan fingerprint density at radius 1 is 0.383 bits per heavy atom. The predicted molar refractivity (Wildman–Crippen MR) is 256 cm³/mol. The van der Waals surface area contributed by atoms with Gasteiger partial charge in [-0.25, -0.2) is 0 Å². The Balaban J connectivity index is 1.15. The summed E-state index contributed by atoms with van der Waals surface area (Å²) in [4.78, 5) is 0. The summed E-state index contributed by atoms with van der Waals surface area (Å²) < 4.78 is 7.62. The van der Waals surface area contributed by atoms with Crippen LogP contribution in [0.2, 0.25) is 0 Å². The molecule has 282 valence electrons. The highest BCUT2D eigenvalue weighted by molar-refractivity contribution is 7.26. The second-order valence-corrected chi connectivity index (χ2v) is 17.9. The number of benzene rings is 9. The summed E-state index contributed by atoms with van der Waals surface area (Å²) in [5, 5.41) is 7.68. The highest BCUT2D eigenvalue weighted by atomic mass is 32.1. The third-order valence-corrected chi connectivity index (χ3v) is 14.6. The van der Waals surface area contributed by atoms with Gasteiger partial charge in [-0.3, -0.25) is 0 Å². The minimum Gasteiger partial charge on any atom is -0.309 e.